The second-order valence-corrected chi connectivity index (χ2v) is 3.32. The molecule has 0 atom stereocenters. The van der Waals surface area contributed by atoms with Crippen LogP contribution in [0, 0.1) is 0 Å². The van der Waals surface area contributed by atoms with Crippen molar-refractivity contribution >= 4 is 16.6 Å². The topological polar surface area (TPSA) is 54.1 Å². The van der Waals surface area contributed by atoms with Gasteiger partial charge in [0.05, 0.1) is 11.2 Å². The molecule has 1 aromatic heterocycles. The van der Waals surface area contributed by atoms with Gasteiger partial charge in [-0.3, -0.25) is 4.79 Å². The van der Waals surface area contributed by atoms with E-state index in [9.17, 15) is 4.79 Å². The maximum atomic E-state index is 11.1. The molecule has 2 aromatic rings. The first-order chi connectivity index (χ1) is 7.33. The Morgan fingerprint density at radius 1 is 1.20 bits per heavy atom. The molecular formula is C11H8N2O2. The van der Waals surface area contributed by atoms with E-state index in [0.717, 1.165) is 22.3 Å². The normalized spacial score (nSPS) is 13.1. The standard InChI is InChI=1S/C11H8N2O2/c14-11-2-1-7-5-10-9(6-8(7)13-11)12-3-4-15-10/h1-6,12H,(H,13,14). The van der Waals surface area contributed by atoms with Gasteiger partial charge in [0.25, 0.3) is 0 Å². The van der Waals surface area contributed by atoms with Gasteiger partial charge in [-0.2, -0.15) is 0 Å². The quantitative estimate of drug-likeness (QED) is 0.681. The van der Waals surface area contributed by atoms with Gasteiger partial charge in [0.1, 0.15) is 6.26 Å². The first kappa shape index (κ1) is 8.11. The Balaban J connectivity index is 2.33. The van der Waals surface area contributed by atoms with Gasteiger partial charge in [0, 0.05) is 17.7 Å². The number of aromatic amines is 1. The molecule has 0 unspecified atom stereocenters. The number of pyridine rings is 1. The third-order valence-electron chi connectivity index (χ3n) is 2.33. The zero-order chi connectivity index (χ0) is 10.3. The number of anilines is 1. The molecule has 0 bridgehead atoms. The fraction of sp³-hybridized carbons (Fsp3) is 0. The minimum Gasteiger partial charge on any atom is -0.461 e. The molecule has 0 saturated heterocycles. The Hall–Kier alpha value is -2.23. The molecule has 0 aliphatic carbocycles. The van der Waals surface area contributed by atoms with Crippen molar-refractivity contribution in [1.82, 2.24) is 4.98 Å². The Morgan fingerprint density at radius 3 is 3.07 bits per heavy atom. The van der Waals surface area contributed by atoms with Gasteiger partial charge in [-0.25, -0.2) is 0 Å². The van der Waals surface area contributed by atoms with Crippen molar-refractivity contribution in [1.29, 1.82) is 0 Å². The summed E-state index contributed by atoms with van der Waals surface area (Å²) in [7, 11) is 0. The number of hydrogen-bond donors (Lipinski definition) is 2. The number of H-pyrrole nitrogens is 1. The molecule has 1 aromatic carbocycles. The lowest BCUT2D eigenvalue weighted by molar-refractivity contribution is 0.478. The summed E-state index contributed by atoms with van der Waals surface area (Å²) in [5, 5.41) is 4.00. The molecule has 4 heteroatoms. The molecule has 0 radical (unpaired) electrons. The van der Waals surface area contributed by atoms with Crippen LogP contribution in [0.2, 0.25) is 0 Å². The lowest BCUT2D eigenvalue weighted by atomic mass is 10.2. The van der Waals surface area contributed by atoms with E-state index >= 15 is 0 Å². The largest absolute Gasteiger partial charge is 0.461 e. The van der Waals surface area contributed by atoms with Gasteiger partial charge >= 0.3 is 0 Å². The molecule has 0 amide bonds. The van der Waals surface area contributed by atoms with E-state index in [1.165, 1.54) is 6.07 Å². The molecule has 3 rings (SSSR count). The molecule has 0 spiro atoms. The number of hydrogen-bond acceptors (Lipinski definition) is 3. The van der Waals surface area contributed by atoms with Crippen molar-refractivity contribution in [2.45, 2.75) is 0 Å². The minimum absolute atomic E-state index is 0.102. The molecule has 4 nitrogen and oxygen atoms in total. The first-order valence-corrected chi connectivity index (χ1v) is 4.58. The zero-order valence-electron chi connectivity index (χ0n) is 7.78. The van der Waals surface area contributed by atoms with Gasteiger partial charge in [0.2, 0.25) is 5.56 Å². The van der Waals surface area contributed by atoms with Crippen molar-refractivity contribution < 1.29 is 4.74 Å². The maximum absolute atomic E-state index is 11.1. The summed E-state index contributed by atoms with van der Waals surface area (Å²) in [6.45, 7) is 0. The number of fused-ring (bicyclic) bond motifs is 2. The lowest BCUT2D eigenvalue weighted by Crippen LogP contribution is -2.04. The number of nitrogens with one attached hydrogen (secondary N) is 2. The van der Waals surface area contributed by atoms with Crippen LogP contribution in [-0.4, -0.2) is 4.98 Å². The van der Waals surface area contributed by atoms with Crippen LogP contribution >= 0.6 is 0 Å². The highest BCUT2D eigenvalue weighted by atomic mass is 16.5. The highest BCUT2D eigenvalue weighted by molar-refractivity contribution is 5.86. The molecule has 1 aliphatic rings. The van der Waals surface area contributed by atoms with E-state index in [2.05, 4.69) is 10.3 Å². The van der Waals surface area contributed by atoms with Crippen LogP contribution in [0.15, 0.2) is 41.5 Å². The summed E-state index contributed by atoms with van der Waals surface area (Å²) < 4.78 is 5.33. The van der Waals surface area contributed by atoms with Crippen LogP contribution in [-0.2, 0) is 0 Å². The van der Waals surface area contributed by atoms with E-state index in [1.54, 1.807) is 18.5 Å². The molecule has 15 heavy (non-hydrogen) atoms. The fourth-order valence-electron chi connectivity index (χ4n) is 1.62. The highest BCUT2D eigenvalue weighted by Crippen LogP contribution is 2.31. The number of rotatable bonds is 0. The Morgan fingerprint density at radius 2 is 2.13 bits per heavy atom. The molecular weight excluding hydrogens is 192 g/mol. The van der Waals surface area contributed by atoms with Crippen LogP contribution in [0.5, 0.6) is 5.75 Å². The number of benzene rings is 1. The molecule has 1 aliphatic heterocycles. The predicted octanol–water partition coefficient (Wildman–Crippen LogP) is 1.80. The monoisotopic (exact) mass is 200 g/mol. The number of aromatic nitrogens is 1. The maximum Gasteiger partial charge on any atom is 0.248 e. The molecule has 0 saturated carbocycles. The van der Waals surface area contributed by atoms with Gasteiger partial charge in [-0.1, -0.05) is 0 Å². The summed E-state index contributed by atoms with van der Waals surface area (Å²) in [4.78, 5) is 13.9. The van der Waals surface area contributed by atoms with E-state index in [-0.39, 0.29) is 5.56 Å². The average molecular weight is 200 g/mol. The van der Waals surface area contributed by atoms with E-state index in [1.807, 2.05) is 12.1 Å². The summed E-state index contributed by atoms with van der Waals surface area (Å²) in [6.07, 6.45) is 3.29. The Kier molecular flexibility index (Phi) is 1.56. The Bertz CT molecular complexity index is 614. The van der Waals surface area contributed by atoms with Crippen LogP contribution in [0.4, 0.5) is 5.69 Å². The van der Waals surface area contributed by atoms with Crippen molar-refractivity contribution in [3.05, 3.63) is 47.1 Å². The molecule has 0 fully saturated rings. The second-order valence-electron chi connectivity index (χ2n) is 3.32. The molecule has 74 valence electrons. The average Bonchev–Trinajstić information content (AvgIpc) is 2.26. The molecule has 2 heterocycles. The SMILES string of the molecule is O=c1ccc2cc3c(cc2[nH]1)NC=CO3. The van der Waals surface area contributed by atoms with E-state index in [4.69, 9.17) is 4.74 Å². The highest BCUT2D eigenvalue weighted by Gasteiger charge is 2.07. The van der Waals surface area contributed by atoms with Crippen molar-refractivity contribution in [2.75, 3.05) is 5.32 Å². The lowest BCUT2D eigenvalue weighted by Gasteiger charge is -2.13. The van der Waals surface area contributed by atoms with Gasteiger partial charge in [0.15, 0.2) is 5.75 Å². The third-order valence-corrected chi connectivity index (χ3v) is 2.33. The summed E-state index contributed by atoms with van der Waals surface area (Å²) in [5.74, 6) is 0.761. The zero-order valence-corrected chi connectivity index (χ0v) is 7.78. The fourth-order valence-corrected chi connectivity index (χ4v) is 1.62. The van der Waals surface area contributed by atoms with Gasteiger partial charge in [-0.05, 0) is 18.2 Å². The second kappa shape index (κ2) is 2.88. The third kappa shape index (κ3) is 1.27. The smallest absolute Gasteiger partial charge is 0.248 e. The van der Waals surface area contributed by atoms with Gasteiger partial charge < -0.3 is 15.0 Å². The summed E-state index contributed by atoms with van der Waals surface area (Å²) >= 11 is 0. The van der Waals surface area contributed by atoms with Crippen LogP contribution in [0.25, 0.3) is 10.9 Å². The molecule has 2 N–H and O–H groups in total. The van der Waals surface area contributed by atoms with Crippen molar-refractivity contribution in [2.24, 2.45) is 0 Å². The van der Waals surface area contributed by atoms with Crippen LogP contribution in [0.3, 0.4) is 0 Å². The van der Waals surface area contributed by atoms with Crippen molar-refractivity contribution in [3.8, 4) is 5.75 Å². The van der Waals surface area contributed by atoms with Crippen LogP contribution in [0.1, 0.15) is 0 Å². The summed E-state index contributed by atoms with van der Waals surface area (Å²) in [6, 6.07) is 7.02. The van der Waals surface area contributed by atoms with E-state index < -0.39 is 0 Å². The Labute approximate surface area is 85.2 Å². The van der Waals surface area contributed by atoms with Gasteiger partial charge in [-0.15, -0.1) is 0 Å². The van der Waals surface area contributed by atoms with E-state index in [0.29, 0.717) is 0 Å². The predicted molar refractivity (Wildman–Crippen MR) is 58.0 cm³/mol. The minimum atomic E-state index is -0.102. The van der Waals surface area contributed by atoms with Crippen molar-refractivity contribution in [3.63, 3.8) is 0 Å². The first-order valence-electron chi connectivity index (χ1n) is 4.58. The summed E-state index contributed by atoms with van der Waals surface area (Å²) in [5.41, 5.74) is 1.55. The number of ether oxygens (including phenoxy) is 1. The van der Waals surface area contributed by atoms with Crippen LogP contribution < -0.4 is 15.6 Å².